The van der Waals surface area contributed by atoms with Crippen LogP contribution in [0.1, 0.15) is 19.3 Å². The van der Waals surface area contributed by atoms with Gasteiger partial charge in [-0.25, -0.2) is 0 Å². The lowest BCUT2D eigenvalue weighted by Crippen LogP contribution is -2.53. The van der Waals surface area contributed by atoms with Crippen LogP contribution in [0.4, 0.5) is 0 Å². The van der Waals surface area contributed by atoms with Crippen LogP contribution in [0, 0.1) is 16.7 Å². The minimum Gasteiger partial charge on any atom is -0.387 e. The highest BCUT2D eigenvalue weighted by Crippen LogP contribution is 2.43. The normalized spacial score (nSPS) is 42.7. The Kier molecular flexibility index (Phi) is 2.72. The fourth-order valence-corrected chi connectivity index (χ4v) is 2.72. The van der Waals surface area contributed by atoms with E-state index in [4.69, 9.17) is 4.74 Å². The zero-order chi connectivity index (χ0) is 10.9. The van der Waals surface area contributed by atoms with Crippen molar-refractivity contribution in [1.29, 1.82) is 5.26 Å². The summed E-state index contributed by atoms with van der Waals surface area (Å²) >= 11 is 0. The molecule has 2 aliphatic heterocycles. The van der Waals surface area contributed by atoms with E-state index in [-0.39, 0.29) is 0 Å². The number of rotatable bonds is 1. The molecule has 0 aromatic rings. The number of nitrogens with zero attached hydrogens (tertiary/aromatic N) is 2. The Bertz CT molecular complexity index is 281. The van der Waals surface area contributed by atoms with Crippen LogP contribution in [0.15, 0.2) is 0 Å². The van der Waals surface area contributed by atoms with E-state index in [1.807, 2.05) is 7.05 Å². The van der Waals surface area contributed by atoms with Gasteiger partial charge in [0, 0.05) is 19.7 Å². The Morgan fingerprint density at radius 3 is 2.73 bits per heavy atom. The van der Waals surface area contributed by atoms with Crippen molar-refractivity contribution in [2.24, 2.45) is 5.41 Å². The highest BCUT2D eigenvalue weighted by atomic mass is 16.5. The number of aliphatic hydroxyl groups is 1. The second-order valence-electron chi connectivity index (χ2n) is 4.87. The first-order valence-electron chi connectivity index (χ1n) is 5.52. The maximum Gasteiger partial charge on any atom is 0.111 e. The van der Waals surface area contributed by atoms with E-state index in [9.17, 15) is 10.4 Å². The fraction of sp³-hybridized carbons (Fsp3) is 0.909. The third-order valence-electron chi connectivity index (χ3n) is 3.78. The first kappa shape index (κ1) is 10.9. The van der Waals surface area contributed by atoms with Crippen LogP contribution in [0.25, 0.3) is 0 Å². The molecule has 4 heteroatoms. The third kappa shape index (κ3) is 1.65. The van der Waals surface area contributed by atoms with Crippen molar-refractivity contribution in [1.82, 2.24) is 4.90 Å². The molecule has 0 radical (unpaired) electrons. The largest absolute Gasteiger partial charge is 0.387 e. The third-order valence-corrected chi connectivity index (χ3v) is 3.78. The average molecular weight is 210 g/mol. The topological polar surface area (TPSA) is 56.5 Å². The van der Waals surface area contributed by atoms with Crippen LogP contribution in [0.5, 0.6) is 0 Å². The van der Waals surface area contributed by atoms with Crippen molar-refractivity contribution in [3.63, 3.8) is 0 Å². The molecule has 1 N–H and O–H groups in total. The molecule has 0 amide bonds. The number of ether oxygens (including phenoxy) is 1. The van der Waals surface area contributed by atoms with Gasteiger partial charge >= 0.3 is 0 Å². The summed E-state index contributed by atoms with van der Waals surface area (Å²) in [5, 5.41) is 19.9. The summed E-state index contributed by atoms with van der Waals surface area (Å²) in [6.07, 6.45) is 2.31. The molecule has 0 spiro atoms. The van der Waals surface area contributed by atoms with Gasteiger partial charge in [0.25, 0.3) is 0 Å². The quantitative estimate of drug-likeness (QED) is 0.679. The van der Waals surface area contributed by atoms with Crippen molar-refractivity contribution in [3.8, 4) is 6.07 Å². The SMILES string of the molecule is CN1CCC(O)(C2(C#N)CCCOC2)C1. The first-order chi connectivity index (χ1) is 7.12. The van der Waals surface area contributed by atoms with Gasteiger partial charge in [-0.3, -0.25) is 0 Å². The summed E-state index contributed by atoms with van der Waals surface area (Å²) < 4.78 is 5.39. The van der Waals surface area contributed by atoms with Gasteiger partial charge in [-0.15, -0.1) is 0 Å². The first-order valence-corrected chi connectivity index (χ1v) is 5.52. The zero-order valence-corrected chi connectivity index (χ0v) is 9.20. The van der Waals surface area contributed by atoms with Gasteiger partial charge in [-0.1, -0.05) is 0 Å². The highest BCUT2D eigenvalue weighted by Gasteiger charge is 2.54. The van der Waals surface area contributed by atoms with Gasteiger partial charge in [0.2, 0.25) is 0 Å². The molecule has 2 atom stereocenters. The summed E-state index contributed by atoms with van der Waals surface area (Å²) in [6, 6.07) is 2.32. The van der Waals surface area contributed by atoms with Crippen molar-refractivity contribution < 1.29 is 9.84 Å². The van der Waals surface area contributed by atoms with Gasteiger partial charge in [0.15, 0.2) is 0 Å². The van der Waals surface area contributed by atoms with Crippen LogP contribution < -0.4 is 0 Å². The molecule has 0 saturated carbocycles. The van der Waals surface area contributed by atoms with E-state index >= 15 is 0 Å². The number of hydrogen-bond donors (Lipinski definition) is 1. The maximum atomic E-state index is 10.6. The van der Waals surface area contributed by atoms with Crippen LogP contribution in [-0.4, -0.2) is 49.0 Å². The Hall–Kier alpha value is -0.630. The Morgan fingerprint density at radius 2 is 2.27 bits per heavy atom. The van der Waals surface area contributed by atoms with Crippen molar-refractivity contribution in [2.45, 2.75) is 24.9 Å². The monoisotopic (exact) mass is 210 g/mol. The summed E-state index contributed by atoms with van der Waals surface area (Å²) in [5.74, 6) is 0. The van der Waals surface area contributed by atoms with Gasteiger partial charge in [0.1, 0.15) is 5.41 Å². The zero-order valence-electron chi connectivity index (χ0n) is 9.20. The highest BCUT2D eigenvalue weighted by molar-refractivity contribution is 5.15. The molecule has 2 aliphatic rings. The summed E-state index contributed by atoms with van der Waals surface area (Å²) in [4.78, 5) is 2.08. The minimum absolute atomic E-state index is 0.383. The second kappa shape index (κ2) is 3.75. The Balaban J connectivity index is 2.22. The number of hydrogen-bond acceptors (Lipinski definition) is 4. The van der Waals surface area contributed by atoms with Gasteiger partial charge in [-0.2, -0.15) is 5.26 Å². The van der Waals surface area contributed by atoms with Crippen molar-refractivity contribution in [3.05, 3.63) is 0 Å². The average Bonchev–Trinajstić information content (AvgIpc) is 2.61. The van der Waals surface area contributed by atoms with Gasteiger partial charge < -0.3 is 14.7 Å². The molecule has 2 unspecified atom stereocenters. The molecule has 2 heterocycles. The smallest absolute Gasteiger partial charge is 0.111 e. The van der Waals surface area contributed by atoms with E-state index in [2.05, 4.69) is 11.0 Å². The molecule has 0 bridgehead atoms. The Labute approximate surface area is 90.4 Å². The molecular formula is C11H18N2O2. The summed E-state index contributed by atoms with van der Waals surface area (Å²) in [7, 11) is 1.98. The predicted molar refractivity (Wildman–Crippen MR) is 55.2 cm³/mol. The van der Waals surface area contributed by atoms with Crippen LogP contribution >= 0.6 is 0 Å². The number of β-amino-alcohol motifs (C(OH)–C–C–N with tert-alkyl or cyclic N) is 1. The van der Waals surface area contributed by atoms with Crippen LogP contribution in [0.2, 0.25) is 0 Å². The fourth-order valence-electron chi connectivity index (χ4n) is 2.72. The molecular weight excluding hydrogens is 192 g/mol. The molecule has 0 aliphatic carbocycles. The second-order valence-corrected chi connectivity index (χ2v) is 4.87. The lowest BCUT2D eigenvalue weighted by molar-refractivity contribution is -0.110. The van der Waals surface area contributed by atoms with E-state index in [1.54, 1.807) is 0 Å². The van der Waals surface area contributed by atoms with Crippen LogP contribution in [-0.2, 0) is 4.74 Å². The number of likely N-dealkylation sites (tertiary alicyclic amines) is 1. The lowest BCUT2D eigenvalue weighted by Gasteiger charge is -2.42. The lowest BCUT2D eigenvalue weighted by atomic mass is 9.69. The molecule has 15 heavy (non-hydrogen) atoms. The molecule has 2 saturated heterocycles. The molecule has 2 fully saturated rings. The molecule has 0 aromatic carbocycles. The molecule has 4 nitrogen and oxygen atoms in total. The minimum atomic E-state index is -0.878. The van der Waals surface area contributed by atoms with E-state index in [0.29, 0.717) is 19.6 Å². The van der Waals surface area contributed by atoms with E-state index in [1.165, 1.54) is 0 Å². The van der Waals surface area contributed by atoms with Crippen molar-refractivity contribution in [2.75, 3.05) is 33.4 Å². The Morgan fingerprint density at radius 1 is 1.47 bits per heavy atom. The standard InChI is InChI=1S/C11H18N2O2/c1-13-5-4-11(14,8-13)10(7-12)3-2-6-15-9-10/h14H,2-6,8-9H2,1H3. The van der Waals surface area contributed by atoms with Gasteiger partial charge in [0.05, 0.1) is 18.3 Å². The van der Waals surface area contributed by atoms with Gasteiger partial charge in [-0.05, 0) is 26.3 Å². The molecule has 84 valence electrons. The molecule has 2 rings (SSSR count). The number of likely N-dealkylation sites (N-methyl/N-ethyl adjacent to an activating group) is 1. The summed E-state index contributed by atoms with van der Waals surface area (Å²) in [5.41, 5.74) is -1.56. The van der Waals surface area contributed by atoms with Crippen LogP contribution in [0.3, 0.4) is 0 Å². The van der Waals surface area contributed by atoms with E-state index in [0.717, 1.165) is 26.0 Å². The number of nitriles is 1. The molecule has 0 aromatic heterocycles. The predicted octanol–water partition coefficient (Wildman–Crippen LogP) is 0.373. The van der Waals surface area contributed by atoms with Crippen molar-refractivity contribution >= 4 is 0 Å². The maximum absolute atomic E-state index is 10.6. The van der Waals surface area contributed by atoms with E-state index < -0.39 is 11.0 Å². The summed E-state index contributed by atoms with van der Waals surface area (Å²) in [6.45, 7) is 2.55.